The van der Waals surface area contributed by atoms with Crippen molar-refractivity contribution < 1.29 is 17.6 Å². The van der Waals surface area contributed by atoms with Crippen LogP contribution < -0.4 is 4.72 Å². The molecule has 1 heterocycles. The lowest BCUT2D eigenvalue weighted by Gasteiger charge is -2.12. The Balaban J connectivity index is 1.88. The number of hydrogen-bond acceptors (Lipinski definition) is 4. The molecular weight excluding hydrogens is 326 g/mol. The van der Waals surface area contributed by atoms with Crippen LogP contribution in [0.3, 0.4) is 0 Å². The van der Waals surface area contributed by atoms with Gasteiger partial charge in [0, 0.05) is 10.9 Å². The van der Waals surface area contributed by atoms with Crippen molar-refractivity contribution in [1.29, 1.82) is 0 Å². The molecule has 3 rings (SSSR count). The minimum Gasteiger partial charge on any atom is -0.459 e. The fraction of sp³-hybridized carbons (Fsp3) is 0.167. The maximum absolute atomic E-state index is 12.5. The fourth-order valence-electron chi connectivity index (χ4n) is 2.46. The largest absolute Gasteiger partial charge is 0.459 e. The summed E-state index contributed by atoms with van der Waals surface area (Å²) in [6.45, 7) is 3.11. The number of nitrogens with one attached hydrogen (secondary N) is 1. The highest BCUT2D eigenvalue weighted by Gasteiger charge is 2.21. The first-order valence-electron chi connectivity index (χ1n) is 7.48. The van der Waals surface area contributed by atoms with Crippen molar-refractivity contribution in [3.8, 4) is 0 Å². The van der Waals surface area contributed by atoms with Gasteiger partial charge >= 0.3 is 0 Å². The summed E-state index contributed by atoms with van der Waals surface area (Å²) in [6.07, 6.45) is 0. The second kappa shape index (κ2) is 6.22. The molecule has 0 saturated heterocycles. The first-order valence-corrected chi connectivity index (χ1v) is 8.97. The quantitative estimate of drug-likeness (QED) is 0.717. The zero-order chi connectivity index (χ0) is 17.3. The Morgan fingerprint density at radius 1 is 1.08 bits per heavy atom. The minimum absolute atomic E-state index is 0.0539. The highest BCUT2D eigenvalue weighted by molar-refractivity contribution is 7.89. The topological polar surface area (TPSA) is 76.4 Å². The van der Waals surface area contributed by atoms with Gasteiger partial charge in [0.25, 0.3) is 0 Å². The van der Waals surface area contributed by atoms with Gasteiger partial charge < -0.3 is 4.42 Å². The SMILES string of the molecule is CC(=O)c1cccc(S(=O)(=O)N[C@H](C)c2cc3ccccc3o2)c1. The first kappa shape index (κ1) is 16.4. The van der Waals surface area contributed by atoms with E-state index < -0.39 is 16.1 Å². The van der Waals surface area contributed by atoms with Gasteiger partial charge in [-0.2, -0.15) is 0 Å². The van der Waals surface area contributed by atoms with Crippen molar-refractivity contribution in [2.75, 3.05) is 0 Å². The van der Waals surface area contributed by atoms with Crippen LogP contribution in [0.5, 0.6) is 0 Å². The van der Waals surface area contributed by atoms with E-state index in [1.165, 1.54) is 19.1 Å². The highest BCUT2D eigenvalue weighted by Crippen LogP contribution is 2.25. The van der Waals surface area contributed by atoms with E-state index in [2.05, 4.69) is 4.72 Å². The van der Waals surface area contributed by atoms with Crippen molar-refractivity contribution >= 4 is 26.8 Å². The Hall–Kier alpha value is -2.44. The Kier molecular flexibility index (Phi) is 4.26. The average molecular weight is 343 g/mol. The molecule has 1 aromatic heterocycles. The zero-order valence-electron chi connectivity index (χ0n) is 13.3. The van der Waals surface area contributed by atoms with Crippen LogP contribution in [0.25, 0.3) is 11.0 Å². The van der Waals surface area contributed by atoms with Crippen molar-refractivity contribution in [2.24, 2.45) is 0 Å². The number of sulfonamides is 1. The Bertz CT molecular complexity index is 972. The van der Waals surface area contributed by atoms with Gasteiger partial charge in [-0.3, -0.25) is 4.79 Å². The van der Waals surface area contributed by atoms with Gasteiger partial charge in [-0.25, -0.2) is 13.1 Å². The molecule has 2 aromatic carbocycles. The van der Waals surface area contributed by atoms with E-state index in [-0.39, 0.29) is 10.7 Å². The Morgan fingerprint density at radius 3 is 2.54 bits per heavy atom. The van der Waals surface area contributed by atoms with Crippen LogP contribution in [0.15, 0.2) is 63.9 Å². The Labute approximate surface area is 140 Å². The summed E-state index contributed by atoms with van der Waals surface area (Å²) in [5.74, 6) is 0.347. The molecule has 124 valence electrons. The maximum Gasteiger partial charge on any atom is 0.241 e. The van der Waals surface area contributed by atoms with Gasteiger partial charge in [-0.1, -0.05) is 30.3 Å². The van der Waals surface area contributed by atoms with Gasteiger partial charge in [-0.15, -0.1) is 0 Å². The van der Waals surface area contributed by atoms with Gasteiger partial charge in [0.05, 0.1) is 10.9 Å². The number of fused-ring (bicyclic) bond motifs is 1. The van der Waals surface area contributed by atoms with Crippen LogP contribution in [0.2, 0.25) is 0 Å². The number of benzene rings is 2. The van der Waals surface area contributed by atoms with Gasteiger partial charge in [0.2, 0.25) is 10.0 Å². The van der Waals surface area contributed by atoms with Crippen molar-refractivity contribution in [2.45, 2.75) is 24.8 Å². The number of carbonyl (C=O) groups excluding carboxylic acids is 1. The number of hydrogen-bond donors (Lipinski definition) is 1. The smallest absolute Gasteiger partial charge is 0.241 e. The summed E-state index contributed by atoms with van der Waals surface area (Å²) in [6, 6.07) is 14.7. The molecule has 0 amide bonds. The minimum atomic E-state index is -3.76. The molecule has 0 bridgehead atoms. The third-order valence-corrected chi connectivity index (χ3v) is 5.29. The summed E-state index contributed by atoms with van der Waals surface area (Å²) in [5.41, 5.74) is 1.06. The normalized spacial score (nSPS) is 13.1. The first-order chi connectivity index (χ1) is 11.4. The molecule has 0 spiro atoms. The fourth-order valence-corrected chi connectivity index (χ4v) is 3.71. The molecule has 5 nitrogen and oxygen atoms in total. The van der Waals surface area contributed by atoms with Crippen LogP contribution in [-0.4, -0.2) is 14.2 Å². The number of ketones is 1. The summed E-state index contributed by atoms with van der Waals surface area (Å²) < 4.78 is 33.4. The van der Waals surface area contributed by atoms with E-state index in [9.17, 15) is 13.2 Å². The molecule has 6 heteroatoms. The second-order valence-corrected chi connectivity index (χ2v) is 7.33. The molecule has 0 aliphatic carbocycles. The molecule has 0 aliphatic rings. The number of furan rings is 1. The zero-order valence-corrected chi connectivity index (χ0v) is 14.1. The standard InChI is InChI=1S/C18H17NO4S/c1-12(18-11-15-6-3-4-9-17(15)23-18)19-24(21,22)16-8-5-7-14(10-16)13(2)20/h3-12,19H,1-2H3/t12-/m1/s1. The van der Waals surface area contributed by atoms with E-state index in [4.69, 9.17) is 4.42 Å². The number of Topliss-reactive ketones (excluding diaryl/α,β-unsaturated/α-hetero) is 1. The van der Waals surface area contributed by atoms with Crippen LogP contribution in [0.1, 0.15) is 36.0 Å². The van der Waals surface area contributed by atoms with Gasteiger partial charge in [0.15, 0.2) is 5.78 Å². The lowest BCUT2D eigenvalue weighted by atomic mass is 10.2. The number of para-hydroxylation sites is 1. The van der Waals surface area contributed by atoms with Crippen molar-refractivity contribution in [1.82, 2.24) is 4.72 Å². The van der Waals surface area contributed by atoms with Crippen LogP contribution in [0.4, 0.5) is 0 Å². The highest BCUT2D eigenvalue weighted by atomic mass is 32.2. The van der Waals surface area contributed by atoms with E-state index >= 15 is 0 Å². The molecular formula is C18H17NO4S. The second-order valence-electron chi connectivity index (χ2n) is 5.61. The van der Waals surface area contributed by atoms with Crippen molar-refractivity contribution in [3.05, 3.63) is 65.9 Å². The van der Waals surface area contributed by atoms with Crippen molar-refractivity contribution in [3.63, 3.8) is 0 Å². The lowest BCUT2D eigenvalue weighted by molar-refractivity contribution is 0.101. The summed E-state index contributed by atoms with van der Waals surface area (Å²) >= 11 is 0. The maximum atomic E-state index is 12.5. The van der Waals surface area contributed by atoms with Gasteiger partial charge in [0.1, 0.15) is 11.3 Å². The third-order valence-electron chi connectivity index (χ3n) is 3.75. The van der Waals surface area contributed by atoms with E-state index in [1.807, 2.05) is 30.3 Å². The molecule has 0 radical (unpaired) electrons. The molecule has 1 N–H and O–H groups in total. The molecule has 1 atom stereocenters. The van der Waals surface area contributed by atoms with E-state index in [1.54, 1.807) is 19.1 Å². The molecule has 0 saturated carbocycles. The summed E-state index contributed by atoms with van der Waals surface area (Å²) in [4.78, 5) is 11.5. The van der Waals surface area contributed by atoms with E-state index in [0.29, 0.717) is 16.9 Å². The third kappa shape index (κ3) is 3.25. The average Bonchev–Trinajstić information content (AvgIpc) is 2.99. The molecule has 0 fully saturated rings. The van der Waals surface area contributed by atoms with Crippen LogP contribution >= 0.6 is 0 Å². The predicted octanol–water partition coefficient (Wildman–Crippen LogP) is 3.67. The monoisotopic (exact) mass is 343 g/mol. The predicted molar refractivity (Wildman–Crippen MR) is 91.4 cm³/mol. The van der Waals surface area contributed by atoms with Crippen LogP contribution in [0, 0.1) is 0 Å². The van der Waals surface area contributed by atoms with Crippen LogP contribution in [-0.2, 0) is 10.0 Å². The number of rotatable bonds is 5. The summed E-state index contributed by atoms with van der Waals surface area (Å²) in [5, 5.41) is 0.914. The molecule has 0 aliphatic heterocycles. The molecule has 3 aromatic rings. The van der Waals surface area contributed by atoms with E-state index in [0.717, 1.165) is 5.39 Å². The lowest BCUT2D eigenvalue weighted by Crippen LogP contribution is -2.26. The number of carbonyl (C=O) groups is 1. The summed E-state index contributed by atoms with van der Waals surface area (Å²) in [7, 11) is -3.76. The van der Waals surface area contributed by atoms with Gasteiger partial charge in [-0.05, 0) is 38.1 Å². The molecule has 0 unspecified atom stereocenters. The Morgan fingerprint density at radius 2 is 1.83 bits per heavy atom. The molecule has 24 heavy (non-hydrogen) atoms.